The van der Waals surface area contributed by atoms with E-state index >= 15 is 0 Å². The molecule has 0 amide bonds. The molecule has 0 radical (unpaired) electrons. The smallest absolute Gasteiger partial charge is 0.379 e. The number of esters is 1. The van der Waals surface area contributed by atoms with E-state index < -0.39 is 17.6 Å². The highest BCUT2D eigenvalue weighted by Gasteiger charge is 2.25. The Bertz CT molecular complexity index is 457. The number of carbonyl (C=O) groups is 2. The maximum absolute atomic E-state index is 13.4. The van der Waals surface area contributed by atoms with Crippen molar-refractivity contribution in [3.63, 3.8) is 0 Å². The van der Waals surface area contributed by atoms with Crippen molar-refractivity contribution in [2.45, 2.75) is 20.8 Å². The second-order valence-corrected chi connectivity index (χ2v) is 3.92. The molecule has 0 saturated heterocycles. The van der Waals surface area contributed by atoms with E-state index in [1.54, 1.807) is 20.8 Å². The molecule has 0 aliphatic heterocycles. The van der Waals surface area contributed by atoms with Crippen LogP contribution in [-0.2, 0) is 9.53 Å². The lowest BCUT2D eigenvalue weighted by Gasteiger charge is -2.10. The van der Waals surface area contributed by atoms with Crippen LogP contribution in [0, 0.1) is 19.7 Å². The fourth-order valence-electron chi connectivity index (χ4n) is 1.41. The van der Waals surface area contributed by atoms with Gasteiger partial charge in [-0.05, 0) is 38.0 Å². The van der Waals surface area contributed by atoms with Gasteiger partial charge in [-0.1, -0.05) is 11.6 Å². The van der Waals surface area contributed by atoms with Crippen LogP contribution >= 0.6 is 11.6 Å². The van der Waals surface area contributed by atoms with Crippen LogP contribution in [0.25, 0.3) is 0 Å². The molecule has 0 saturated carbocycles. The van der Waals surface area contributed by atoms with E-state index in [1.165, 1.54) is 6.07 Å². The van der Waals surface area contributed by atoms with Crippen molar-refractivity contribution in [3.05, 3.63) is 33.6 Å². The topological polar surface area (TPSA) is 43.4 Å². The first kappa shape index (κ1) is 13.6. The number of halogens is 2. The Morgan fingerprint density at radius 1 is 1.41 bits per heavy atom. The molecular formula is C12H12ClFO3. The van der Waals surface area contributed by atoms with Gasteiger partial charge in [-0.15, -0.1) is 0 Å². The van der Waals surface area contributed by atoms with Crippen LogP contribution in [0.4, 0.5) is 4.39 Å². The molecule has 1 aromatic carbocycles. The van der Waals surface area contributed by atoms with E-state index in [0.717, 1.165) is 0 Å². The third-order valence-corrected chi connectivity index (χ3v) is 2.80. The van der Waals surface area contributed by atoms with Crippen molar-refractivity contribution in [2.24, 2.45) is 0 Å². The highest BCUT2D eigenvalue weighted by molar-refractivity contribution is 6.46. The Balaban J connectivity index is 3.31. The minimum atomic E-state index is -1.03. The molecule has 17 heavy (non-hydrogen) atoms. The van der Waals surface area contributed by atoms with Crippen molar-refractivity contribution >= 4 is 23.4 Å². The first-order valence-corrected chi connectivity index (χ1v) is 5.44. The molecule has 0 heterocycles. The largest absolute Gasteiger partial charge is 0.460 e. The summed E-state index contributed by atoms with van der Waals surface area (Å²) in [5, 5.41) is -0.342. The van der Waals surface area contributed by atoms with Gasteiger partial charge in [0.05, 0.1) is 17.2 Å². The summed E-state index contributed by atoms with van der Waals surface area (Å²) in [5.74, 6) is -2.66. The van der Waals surface area contributed by atoms with E-state index in [1.807, 2.05) is 0 Å². The molecule has 0 atom stereocenters. The molecule has 1 rings (SSSR count). The summed E-state index contributed by atoms with van der Waals surface area (Å²) in [4.78, 5) is 23.1. The summed E-state index contributed by atoms with van der Waals surface area (Å²) in [6.07, 6.45) is 0. The van der Waals surface area contributed by atoms with Crippen molar-refractivity contribution in [1.82, 2.24) is 0 Å². The number of hydrogen-bond acceptors (Lipinski definition) is 3. The molecule has 0 spiro atoms. The number of ether oxygens (including phenoxy) is 1. The van der Waals surface area contributed by atoms with Gasteiger partial charge in [0, 0.05) is 0 Å². The Hall–Kier alpha value is -1.42. The van der Waals surface area contributed by atoms with Crippen LogP contribution in [-0.4, -0.2) is 18.4 Å². The second-order valence-electron chi connectivity index (χ2n) is 3.54. The van der Waals surface area contributed by atoms with Crippen molar-refractivity contribution in [2.75, 3.05) is 6.61 Å². The van der Waals surface area contributed by atoms with Gasteiger partial charge >= 0.3 is 5.97 Å². The van der Waals surface area contributed by atoms with Crippen molar-refractivity contribution in [3.8, 4) is 0 Å². The molecule has 92 valence electrons. The number of rotatable bonds is 3. The van der Waals surface area contributed by atoms with E-state index in [-0.39, 0.29) is 17.2 Å². The summed E-state index contributed by atoms with van der Waals surface area (Å²) in [6, 6.07) is 1.22. The monoisotopic (exact) mass is 258 g/mol. The normalized spacial score (nSPS) is 10.2. The maximum atomic E-state index is 13.4. The van der Waals surface area contributed by atoms with Gasteiger partial charge in [-0.3, -0.25) is 4.79 Å². The zero-order chi connectivity index (χ0) is 13.2. The number of carbonyl (C=O) groups excluding carboxylic acids is 2. The molecular weight excluding hydrogens is 247 g/mol. The average Bonchev–Trinajstić information content (AvgIpc) is 2.27. The highest BCUT2D eigenvalue weighted by atomic mass is 35.5. The number of aryl methyl sites for hydroxylation is 1. The van der Waals surface area contributed by atoms with Gasteiger partial charge in [0.1, 0.15) is 5.82 Å². The summed E-state index contributed by atoms with van der Waals surface area (Å²) in [6.45, 7) is 4.90. The first-order valence-electron chi connectivity index (χ1n) is 5.06. The average molecular weight is 259 g/mol. The van der Waals surface area contributed by atoms with E-state index in [2.05, 4.69) is 4.74 Å². The van der Waals surface area contributed by atoms with Gasteiger partial charge < -0.3 is 4.74 Å². The molecule has 0 aliphatic carbocycles. The Kier molecular flexibility index (Phi) is 4.23. The molecule has 0 bridgehead atoms. The van der Waals surface area contributed by atoms with Crippen LogP contribution in [0.1, 0.15) is 28.4 Å². The number of Topliss-reactive ketones (excluding diaryl/α,β-unsaturated/α-hetero) is 1. The minimum Gasteiger partial charge on any atom is -0.460 e. The van der Waals surface area contributed by atoms with Gasteiger partial charge in [0.15, 0.2) is 0 Å². The molecule has 0 unspecified atom stereocenters. The fraction of sp³-hybridized carbons (Fsp3) is 0.333. The molecule has 3 nitrogen and oxygen atoms in total. The standard InChI is InChI=1S/C12H12ClFO3/c1-4-17-12(16)11(15)9-7(3)6(2)5-8(14)10(9)13/h5H,4H2,1-3H3. The first-order chi connectivity index (χ1) is 7.90. The van der Waals surface area contributed by atoms with Crippen LogP contribution in [0.3, 0.4) is 0 Å². The van der Waals surface area contributed by atoms with Crippen LogP contribution in [0.5, 0.6) is 0 Å². The van der Waals surface area contributed by atoms with E-state index in [0.29, 0.717) is 11.1 Å². The van der Waals surface area contributed by atoms with E-state index in [4.69, 9.17) is 11.6 Å². The zero-order valence-electron chi connectivity index (χ0n) is 9.77. The quantitative estimate of drug-likeness (QED) is 0.476. The maximum Gasteiger partial charge on any atom is 0.379 e. The predicted octanol–water partition coefficient (Wildman–Crippen LogP) is 2.84. The molecule has 0 aromatic heterocycles. The lowest BCUT2D eigenvalue weighted by atomic mass is 9.99. The van der Waals surface area contributed by atoms with Crippen LogP contribution in [0.15, 0.2) is 6.07 Å². The number of ketones is 1. The number of hydrogen-bond donors (Lipinski definition) is 0. The fourth-order valence-corrected chi connectivity index (χ4v) is 1.69. The van der Waals surface area contributed by atoms with Crippen LogP contribution < -0.4 is 0 Å². The van der Waals surface area contributed by atoms with Crippen molar-refractivity contribution in [1.29, 1.82) is 0 Å². The Labute approximate surface area is 104 Å². The zero-order valence-corrected chi connectivity index (χ0v) is 10.5. The van der Waals surface area contributed by atoms with Gasteiger partial charge in [0.2, 0.25) is 0 Å². The third-order valence-electron chi connectivity index (χ3n) is 2.43. The predicted molar refractivity (Wildman–Crippen MR) is 61.8 cm³/mol. The summed E-state index contributed by atoms with van der Waals surface area (Å²) >= 11 is 5.71. The molecule has 5 heteroatoms. The summed E-state index contributed by atoms with van der Waals surface area (Å²) < 4.78 is 18.0. The molecule has 0 N–H and O–H groups in total. The number of benzene rings is 1. The summed E-state index contributed by atoms with van der Waals surface area (Å²) in [5.41, 5.74) is 0.914. The third kappa shape index (κ3) is 2.64. The van der Waals surface area contributed by atoms with Gasteiger partial charge in [-0.2, -0.15) is 0 Å². The lowest BCUT2D eigenvalue weighted by Crippen LogP contribution is -2.19. The second kappa shape index (κ2) is 5.27. The summed E-state index contributed by atoms with van der Waals surface area (Å²) in [7, 11) is 0. The minimum absolute atomic E-state index is 0.0789. The Morgan fingerprint density at radius 2 is 2.00 bits per heavy atom. The van der Waals surface area contributed by atoms with Crippen molar-refractivity contribution < 1.29 is 18.7 Å². The molecule has 1 aromatic rings. The van der Waals surface area contributed by atoms with Crippen LogP contribution in [0.2, 0.25) is 5.02 Å². The van der Waals surface area contributed by atoms with Gasteiger partial charge in [-0.25, -0.2) is 9.18 Å². The van der Waals surface area contributed by atoms with Gasteiger partial charge in [0.25, 0.3) is 5.78 Å². The molecule has 0 fully saturated rings. The lowest BCUT2D eigenvalue weighted by molar-refractivity contribution is -0.137. The highest BCUT2D eigenvalue weighted by Crippen LogP contribution is 2.26. The molecule has 0 aliphatic rings. The Morgan fingerprint density at radius 3 is 2.53 bits per heavy atom. The SMILES string of the molecule is CCOC(=O)C(=O)c1c(C)c(C)cc(F)c1Cl. The van der Waals surface area contributed by atoms with E-state index in [9.17, 15) is 14.0 Å².